The lowest BCUT2D eigenvalue weighted by molar-refractivity contribution is 0.0695. The van der Waals surface area contributed by atoms with Crippen LogP contribution in [0.5, 0.6) is 0 Å². The lowest BCUT2D eigenvalue weighted by Crippen LogP contribution is -2.45. The second-order valence-corrected chi connectivity index (χ2v) is 6.35. The van der Waals surface area contributed by atoms with Crippen LogP contribution in [-0.4, -0.2) is 53.1 Å². The van der Waals surface area contributed by atoms with Crippen LogP contribution in [0.2, 0.25) is 0 Å². The van der Waals surface area contributed by atoms with Crippen molar-refractivity contribution < 1.29 is 9.90 Å². The quantitative estimate of drug-likeness (QED) is 0.602. The number of anilines is 1. The zero-order valence-corrected chi connectivity index (χ0v) is 14.8. The second kappa shape index (κ2) is 6.58. The van der Waals surface area contributed by atoms with E-state index >= 15 is 0 Å². The molecule has 3 heterocycles. The summed E-state index contributed by atoms with van der Waals surface area (Å²) < 4.78 is 1.39. The summed E-state index contributed by atoms with van der Waals surface area (Å²) in [7, 11) is 1.50. The molecule has 0 saturated carbocycles. The van der Waals surface area contributed by atoms with E-state index in [1.54, 1.807) is 13.0 Å². The smallest absolute Gasteiger partial charge is 0.341 e. The number of nitrogens with zero attached hydrogens (tertiary/aromatic N) is 5. The fourth-order valence-electron chi connectivity index (χ4n) is 3.12. The van der Waals surface area contributed by atoms with E-state index in [-0.39, 0.29) is 16.9 Å². The number of carbonyl (C=O) groups is 1. The van der Waals surface area contributed by atoms with Crippen LogP contribution in [0, 0.1) is 12.8 Å². The van der Waals surface area contributed by atoms with E-state index in [0.29, 0.717) is 17.1 Å². The number of hydrogen-bond donors (Lipinski definition) is 2. The zero-order valence-electron chi connectivity index (χ0n) is 14.8. The molecule has 9 nitrogen and oxygen atoms in total. The summed E-state index contributed by atoms with van der Waals surface area (Å²) in [6.07, 6.45) is 2.25. The Labute approximate surface area is 149 Å². The van der Waals surface area contributed by atoms with E-state index in [1.807, 2.05) is 0 Å². The van der Waals surface area contributed by atoms with E-state index < -0.39 is 11.4 Å². The van der Waals surface area contributed by atoms with Crippen molar-refractivity contribution in [3.63, 3.8) is 0 Å². The minimum atomic E-state index is -1.32. The maximum atomic E-state index is 12.7. The van der Waals surface area contributed by atoms with Gasteiger partial charge in [-0.15, -0.1) is 0 Å². The second-order valence-electron chi connectivity index (χ2n) is 6.35. The highest BCUT2D eigenvalue weighted by Gasteiger charge is 2.26. The number of pyridine rings is 2. The normalized spacial score (nSPS) is 15.7. The van der Waals surface area contributed by atoms with Crippen molar-refractivity contribution in [1.82, 2.24) is 9.55 Å². The van der Waals surface area contributed by atoms with E-state index in [0.717, 1.165) is 25.2 Å². The maximum absolute atomic E-state index is 12.7. The van der Waals surface area contributed by atoms with Gasteiger partial charge in [-0.3, -0.25) is 14.4 Å². The Morgan fingerprint density at radius 2 is 2.15 bits per heavy atom. The van der Waals surface area contributed by atoms with E-state index in [1.165, 1.54) is 17.8 Å². The van der Waals surface area contributed by atoms with Gasteiger partial charge in [0.25, 0.3) is 0 Å². The van der Waals surface area contributed by atoms with Gasteiger partial charge in [0.2, 0.25) is 11.4 Å². The molecule has 0 amide bonds. The van der Waals surface area contributed by atoms with Crippen LogP contribution >= 0.6 is 0 Å². The first-order valence-corrected chi connectivity index (χ1v) is 8.14. The third-order valence-corrected chi connectivity index (χ3v) is 4.37. The molecule has 1 fully saturated rings. The van der Waals surface area contributed by atoms with Crippen LogP contribution in [-0.2, 0) is 0 Å². The van der Waals surface area contributed by atoms with Gasteiger partial charge in [-0.2, -0.15) is 0 Å². The number of aromatic nitrogens is 2. The molecule has 26 heavy (non-hydrogen) atoms. The molecule has 1 aliphatic heterocycles. The molecule has 0 aromatic carbocycles. The highest BCUT2D eigenvalue weighted by Crippen LogP contribution is 2.26. The van der Waals surface area contributed by atoms with Gasteiger partial charge >= 0.3 is 5.97 Å². The molecule has 0 radical (unpaired) electrons. The lowest BCUT2D eigenvalue weighted by Gasteiger charge is -2.38. The van der Waals surface area contributed by atoms with Crippen molar-refractivity contribution in [2.24, 2.45) is 21.6 Å². The molecule has 9 heteroatoms. The molecular formula is C17H20N6O3. The van der Waals surface area contributed by atoms with Crippen LogP contribution in [0.4, 0.5) is 5.82 Å². The summed E-state index contributed by atoms with van der Waals surface area (Å²) in [5.74, 6) is 0.134. The van der Waals surface area contributed by atoms with Gasteiger partial charge in [0.05, 0.1) is 11.7 Å². The van der Waals surface area contributed by atoms with Gasteiger partial charge in [-0.25, -0.2) is 14.8 Å². The van der Waals surface area contributed by atoms with Gasteiger partial charge < -0.3 is 15.7 Å². The lowest BCUT2D eigenvalue weighted by atomic mass is 10.0. The summed E-state index contributed by atoms with van der Waals surface area (Å²) in [6, 6.07) is 1.81. The first-order valence-electron chi connectivity index (χ1n) is 8.14. The summed E-state index contributed by atoms with van der Waals surface area (Å²) in [5.41, 5.74) is 5.38. The number of nitrogens with two attached hydrogens (primary N) is 1. The van der Waals surface area contributed by atoms with Crippen molar-refractivity contribution in [3.8, 4) is 0 Å². The largest absolute Gasteiger partial charge is 0.477 e. The number of rotatable bonds is 2. The Kier molecular flexibility index (Phi) is 4.45. The molecular weight excluding hydrogens is 336 g/mol. The van der Waals surface area contributed by atoms with Crippen molar-refractivity contribution in [1.29, 1.82) is 0 Å². The van der Waals surface area contributed by atoms with Crippen molar-refractivity contribution in [3.05, 3.63) is 33.6 Å². The minimum absolute atomic E-state index is 0.140. The maximum Gasteiger partial charge on any atom is 0.341 e. The minimum Gasteiger partial charge on any atom is -0.477 e. The average molecular weight is 356 g/mol. The molecule has 0 spiro atoms. The Balaban J connectivity index is 2.36. The van der Waals surface area contributed by atoms with Gasteiger partial charge in [0, 0.05) is 26.3 Å². The monoisotopic (exact) mass is 356 g/mol. The Hall–Kier alpha value is -3.23. The predicted molar refractivity (Wildman–Crippen MR) is 101 cm³/mol. The number of aliphatic imine (C=N–C) groups is 2. The molecule has 0 unspecified atom stereocenters. The summed E-state index contributed by atoms with van der Waals surface area (Å²) in [5, 5.41) is 9.63. The molecule has 136 valence electrons. The Morgan fingerprint density at radius 3 is 2.69 bits per heavy atom. The first-order chi connectivity index (χ1) is 12.4. The first kappa shape index (κ1) is 17.6. The summed E-state index contributed by atoms with van der Waals surface area (Å²) in [4.78, 5) is 38.9. The zero-order chi connectivity index (χ0) is 19.0. The fourth-order valence-corrected chi connectivity index (χ4v) is 3.12. The van der Waals surface area contributed by atoms with Crippen molar-refractivity contribution in [2.45, 2.75) is 13.8 Å². The third-order valence-electron chi connectivity index (χ3n) is 4.37. The summed E-state index contributed by atoms with van der Waals surface area (Å²) >= 11 is 0. The number of hydrogen-bond acceptors (Lipinski definition) is 5. The third kappa shape index (κ3) is 2.81. The molecule has 0 atom stereocenters. The van der Waals surface area contributed by atoms with Crippen molar-refractivity contribution in [2.75, 3.05) is 25.0 Å². The number of carboxylic acid groups (broad SMARTS) is 1. The Bertz CT molecular complexity index is 1000. The molecule has 2 aromatic rings. The predicted octanol–water partition coefficient (Wildman–Crippen LogP) is 0.680. The van der Waals surface area contributed by atoms with Crippen LogP contribution in [0.3, 0.4) is 0 Å². The standard InChI is InChI=1S/C17H20N6O3/c1-9-5-22(6-9)12-4-10(2)13-14(24)11(16(25)26)7-23(15(13)21-12)17(19-3)20-8-18/h4,7-9H,5-6H2,1-3H3,(H,25,26)(H2,18,19,20). The van der Waals surface area contributed by atoms with Crippen LogP contribution < -0.4 is 16.1 Å². The Morgan fingerprint density at radius 1 is 1.46 bits per heavy atom. The molecule has 3 rings (SSSR count). The number of aromatic carboxylic acids is 1. The number of carboxylic acids is 1. The molecule has 2 aromatic heterocycles. The van der Waals surface area contributed by atoms with Crippen LogP contribution in [0.25, 0.3) is 11.0 Å². The number of aryl methyl sites for hydroxylation is 1. The SMILES string of the molecule is CN=C(N=CN)n1cc(C(=O)O)c(=O)c2c(C)cc(N3CC(C)C3)nc21. The average Bonchev–Trinajstić information content (AvgIpc) is 2.56. The van der Waals surface area contributed by atoms with Gasteiger partial charge in [-0.1, -0.05) is 6.92 Å². The fraction of sp³-hybridized carbons (Fsp3) is 0.353. The molecule has 0 bridgehead atoms. The van der Waals surface area contributed by atoms with Gasteiger partial charge in [0.1, 0.15) is 11.4 Å². The van der Waals surface area contributed by atoms with E-state index in [9.17, 15) is 14.7 Å². The van der Waals surface area contributed by atoms with Crippen molar-refractivity contribution >= 4 is 35.1 Å². The van der Waals surface area contributed by atoms with E-state index in [2.05, 4.69) is 26.8 Å². The van der Waals surface area contributed by atoms with Gasteiger partial charge in [0.15, 0.2) is 5.65 Å². The molecule has 0 aliphatic carbocycles. The number of fused-ring (bicyclic) bond motifs is 1. The van der Waals surface area contributed by atoms with E-state index in [4.69, 9.17) is 5.73 Å². The molecule has 3 N–H and O–H groups in total. The summed E-state index contributed by atoms with van der Waals surface area (Å²) in [6.45, 7) is 5.68. The molecule has 1 saturated heterocycles. The van der Waals surface area contributed by atoms with Crippen LogP contribution in [0.15, 0.2) is 27.0 Å². The van der Waals surface area contributed by atoms with Gasteiger partial charge in [-0.05, 0) is 24.5 Å². The van der Waals surface area contributed by atoms with Crippen LogP contribution in [0.1, 0.15) is 22.8 Å². The highest BCUT2D eigenvalue weighted by atomic mass is 16.4. The highest BCUT2D eigenvalue weighted by molar-refractivity contribution is 5.99. The molecule has 1 aliphatic rings. The topological polar surface area (TPSA) is 126 Å².